The molecule has 2 N–H and O–H groups in total. The zero-order chi connectivity index (χ0) is 13.2. The van der Waals surface area contributed by atoms with Crippen molar-refractivity contribution in [3.63, 3.8) is 0 Å². The number of hydrogen-bond acceptors (Lipinski definition) is 4. The third kappa shape index (κ3) is 2.81. The van der Waals surface area contributed by atoms with Gasteiger partial charge in [-0.25, -0.2) is 4.98 Å². The van der Waals surface area contributed by atoms with Crippen LogP contribution in [0.3, 0.4) is 0 Å². The number of imidazole rings is 1. The van der Waals surface area contributed by atoms with Gasteiger partial charge in [0.25, 0.3) is 0 Å². The normalized spacial score (nSPS) is 30.7. The summed E-state index contributed by atoms with van der Waals surface area (Å²) in [4.78, 5) is 19.5. The van der Waals surface area contributed by atoms with Gasteiger partial charge in [-0.3, -0.25) is 10.1 Å². The number of nitrogens with one attached hydrogen (secondary N) is 2. The fraction of sp³-hybridized carbons (Fsp3) is 0.714. The molecule has 3 atom stereocenters. The summed E-state index contributed by atoms with van der Waals surface area (Å²) >= 11 is 0. The van der Waals surface area contributed by atoms with Gasteiger partial charge < -0.3 is 9.72 Å². The maximum Gasteiger partial charge on any atom is 0.323 e. The van der Waals surface area contributed by atoms with Crippen LogP contribution in [0.5, 0.6) is 0 Å². The van der Waals surface area contributed by atoms with Crippen molar-refractivity contribution in [3.05, 3.63) is 17.7 Å². The molecule has 19 heavy (non-hydrogen) atoms. The standard InChI is InChI=1S/C14H21N3O2/c1-9-3-2-4-10(5-9)19-14(18)12-6-11-13(7-15-12)17-8-16-11/h8-10,12,15H,2-7H2,1H3,(H,16,17). The summed E-state index contributed by atoms with van der Waals surface area (Å²) in [5, 5.41) is 3.22. The molecule has 1 aromatic heterocycles. The van der Waals surface area contributed by atoms with Gasteiger partial charge >= 0.3 is 5.97 Å². The van der Waals surface area contributed by atoms with Gasteiger partial charge in [-0.05, 0) is 25.2 Å². The first-order valence-corrected chi connectivity index (χ1v) is 7.17. The lowest BCUT2D eigenvalue weighted by molar-refractivity contribution is -0.154. The van der Waals surface area contributed by atoms with Crippen LogP contribution in [0.4, 0.5) is 0 Å². The maximum atomic E-state index is 12.2. The second-order valence-corrected chi connectivity index (χ2v) is 5.80. The zero-order valence-electron chi connectivity index (χ0n) is 11.3. The Hall–Kier alpha value is -1.36. The highest BCUT2D eigenvalue weighted by Crippen LogP contribution is 2.26. The van der Waals surface area contributed by atoms with Crippen molar-refractivity contribution in [2.24, 2.45) is 5.92 Å². The van der Waals surface area contributed by atoms with Crippen LogP contribution in [-0.4, -0.2) is 28.1 Å². The lowest BCUT2D eigenvalue weighted by Crippen LogP contribution is -2.44. The number of fused-ring (bicyclic) bond motifs is 1. The molecule has 0 aromatic carbocycles. The summed E-state index contributed by atoms with van der Waals surface area (Å²) in [5.74, 6) is 0.552. The molecular weight excluding hydrogens is 242 g/mol. The first kappa shape index (κ1) is 12.7. The molecule has 5 nitrogen and oxygen atoms in total. The van der Waals surface area contributed by atoms with Crippen LogP contribution in [0.2, 0.25) is 0 Å². The molecule has 5 heteroatoms. The molecule has 1 aliphatic carbocycles. The third-order valence-electron chi connectivity index (χ3n) is 4.19. The maximum absolute atomic E-state index is 12.2. The lowest BCUT2D eigenvalue weighted by Gasteiger charge is -2.29. The summed E-state index contributed by atoms with van der Waals surface area (Å²) in [6.07, 6.45) is 6.86. The number of esters is 1. The van der Waals surface area contributed by atoms with Crippen LogP contribution in [0, 0.1) is 5.92 Å². The Morgan fingerprint density at radius 2 is 2.37 bits per heavy atom. The van der Waals surface area contributed by atoms with Crippen molar-refractivity contribution < 1.29 is 9.53 Å². The van der Waals surface area contributed by atoms with Gasteiger partial charge in [0.1, 0.15) is 12.1 Å². The third-order valence-corrected chi connectivity index (χ3v) is 4.19. The van der Waals surface area contributed by atoms with E-state index in [1.165, 1.54) is 12.8 Å². The average Bonchev–Trinajstić information content (AvgIpc) is 2.85. The number of nitrogens with zero attached hydrogens (tertiary/aromatic N) is 1. The van der Waals surface area contributed by atoms with Crippen molar-refractivity contribution in [2.75, 3.05) is 0 Å². The second kappa shape index (κ2) is 5.33. The Labute approximate surface area is 113 Å². The molecular formula is C14H21N3O2. The lowest BCUT2D eigenvalue weighted by atomic mass is 9.88. The van der Waals surface area contributed by atoms with E-state index in [0.29, 0.717) is 18.9 Å². The van der Waals surface area contributed by atoms with Gasteiger partial charge in [0.05, 0.1) is 17.7 Å². The van der Waals surface area contributed by atoms with Crippen molar-refractivity contribution >= 4 is 5.97 Å². The number of H-pyrrole nitrogens is 1. The molecule has 1 saturated carbocycles. The first-order valence-electron chi connectivity index (χ1n) is 7.17. The van der Waals surface area contributed by atoms with E-state index in [1.807, 2.05) is 0 Å². The Balaban J connectivity index is 1.56. The molecule has 3 unspecified atom stereocenters. The van der Waals surface area contributed by atoms with Gasteiger partial charge in [-0.1, -0.05) is 13.3 Å². The van der Waals surface area contributed by atoms with E-state index < -0.39 is 0 Å². The molecule has 0 saturated heterocycles. The Kier molecular flexibility index (Phi) is 3.55. The minimum atomic E-state index is -0.243. The summed E-state index contributed by atoms with van der Waals surface area (Å²) < 4.78 is 5.65. The van der Waals surface area contributed by atoms with Gasteiger partial charge in [-0.2, -0.15) is 0 Å². The summed E-state index contributed by atoms with van der Waals surface area (Å²) in [5.41, 5.74) is 2.06. The van der Waals surface area contributed by atoms with Gasteiger partial charge in [0.2, 0.25) is 0 Å². The van der Waals surface area contributed by atoms with Crippen LogP contribution in [0.25, 0.3) is 0 Å². The van der Waals surface area contributed by atoms with Crippen LogP contribution in [0.1, 0.15) is 44.0 Å². The molecule has 2 aliphatic rings. The highest BCUT2D eigenvalue weighted by molar-refractivity contribution is 5.76. The number of hydrogen-bond donors (Lipinski definition) is 2. The molecule has 104 valence electrons. The van der Waals surface area contributed by atoms with Crippen LogP contribution in [0.15, 0.2) is 6.33 Å². The monoisotopic (exact) mass is 263 g/mol. The minimum Gasteiger partial charge on any atom is -0.461 e. The fourth-order valence-electron chi connectivity index (χ4n) is 3.07. The van der Waals surface area contributed by atoms with E-state index >= 15 is 0 Å². The van der Waals surface area contributed by atoms with E-state index in [1.54, 1.807) is 6.33 Å². The quantitative estimate of drug-likeness (QED) is 0.794. The van der Waals surface area contributed by atoms with Crippen LogP contribution >= 0.6 is 0 Å². The molecule has 3 rings (SSSR count). The minimum absolute atomic E-state index is 0.110. The van der Waals surface area contributed by atoms with Gasteiger partial charge in [0.15, 0.2) is 0 Å². The molecule has 1 aromatic rings. The SMILES string of the molecule is CC1CCCC(OC(=O)C2Cc3nc[nH]c3CN2)C1. The van der Waals surface area contributed by atoms with Crippen molar-refractivity contribution in [1.82, 2.24) is 15.3 Å². The van der Waals surface area contributed by atoms with E-state index in [9.17, 15) is 4.79 Å². The topological polar surface area (TPSA) is 67.0 Å². The second-order valence-electron chi connectivity index (χ2n) is 5.80. The number of rotatable bonds is 2. The Morgan fingerprint density at radius 3 is 3.21 bits per heavy atom. The number of aromatic nitrogens is 2. The Morgan fingerprint density at radius 1 is 1.47 bits per heavy atom. The highest BCUT2D eigenvalue weighted by Gasteiger charge is 2.30. The largest absolute Gasteiger partial charge is 0.461 e. The van der Waals surface area contributed by atoms with E-state index in [-0.39, 0.29) is 18.1 Å². The summed E-state index contributed by atoms with van der Waals surface area (Å²) in [7, 11) is 0. The van der Waals surface area contributed by atoms with Crippen molar-refractivity contribution in [1.29, 1.82) is 0 Å². The van der Waals surface area contributed by atoms with E-state index in [0.717, 1.165) is 24.2 Å². The zero-order valence-corrected chi connectivity index (χ0v) is 11.3. The van der Waals surface area contributed by atoms with E-state index in [2.05, 4.69) is 22.2 Å². The van der Waals surface area contributed by atoms with Crippen LogP contribution in [-0.2, 0) is 22.5 Å². The number of aromatic amines is 1. The fourth-order valence-corrected chi connectivity index (χ4v) is 3.07. The van der Waals surface area contributed by atoms with Gasteiger partial charge in [0, 0.05) is 13.0 Å². The molecule has 0 bridgehead atoms. The number of ether oxygens (including phenoxy) is 1. The first-order chi connectivity index (χ1) is 9.22. The number of carbonyl (C=O) groups is 1. The summed E-state index contributed by atoms with van der Waals surface area (Å²) in [6, 6.07) is -0.243. The predicted octanol–water partition coefficient (Wildman–Crippen LogP) is 1.55. The molecule has 0 spiro atoms. The van der Waals surface area contributed by atoms with E-state index in [4.69, 9.17) is 4.74 Å². The molecule has 1 aliphatic heterocycles. The average molecular weight is 263 g/mol. The predicted molar refractivity (Wildman–Crippen MR) is 70.4 cm³/mol. The summed E-state index contributed by atoms with van der Waals surface area (Å²) in [6.45, 7) is 2.89. The number of carbonyl (C=O) groups excluding carboxylic acids is 1. The molecule has 1 fully saturated rings. The Bertz CT molecular complexity index is 457. The molecule has 0 amide bonds. The van der Waals surface area contributed by atoms with Crippen molar-refractivity contribution in [2.45, 2.75) is 57.7 Å². The van der Waals surface area contributed by atoms with Crippen LogP contribution < -0.4 is 5.32 Å². The smallest absolute Gasteiger partial charge is 0.323 e. The highest BCUT2D eigenvalue weighted by atomic mass is 16.5. The molecule has 2 heterocycles. The van der Waals surface area contributed by atoms with Crippen molar-refractivity contribution in [3.8, 4) is 0 Å². The molecule has 0 radical (unpaired) electrons. The van der Waals surface area contributed by atoms with Gasteiger partial charge in [-0.15, -0.1) is 0 Å².